The van der Waals surface area contributed by atoms with Crippen molar-refractivity contribution < 1.29 is 8.78 Å². The molecule has 0 aliphatic rings. The zero-order chi connectivity index (χ0) is 13.3. The van der Waals surface area contributed by atoms with Gasteiger partial charge in [-0.1, -0.05) is 0 Å². The van der Waals surface area contributed by atoms with Crippen LogP contribution < -0.4 is 5.73 Å². The molecule has 0 radical (unpaired) electrons. The second kappa shape index (κ2) is 4.74. The molecule has 2 nitrogen and oxygen atoms in total. The summed E-state index contributed by atoms with van der Waals surface area (Å²) in [5, 5.41) is 2.79. The lowest BCUT2D eigenvalue weighted by atomic mass is 9.90. The van der Waals surface area contributed by atoms with Crippen molar-refractivity contribution in [1.82, 2.24) is 4.98 Å². The fourth-order valence-corrected chi connectivity index (χ4v) is 2.72. The van der Waals surface area contributed by atoms with Crippen LogP contribution in [0.5, 0.6) is 0 Å². The summed E-state index contributed by atoms with van der Waals surface area (Å²) in [6, 6.07) is 3.38. The van der Waals surface area contributed by atoms with E-state index >= 15 is 0 Å². The third-order valence-electron chi connectivity index (χ3n) is 2.71. The Morgan fingerprint density at radius 3 is 2.39 bits per heavy atom. The summed E-state index contributed by atoms with van der Waals surface area (Å²) in [5.41, 5.74) is 6.68. The van der Waals surface area contributed by atoms with E-state index in [1.165, 1.54) is 23.5 Å². The maximum Gasteiger partial charge on any atom is 0.126 e. The van der Waals surface area contributed by atoms with E-state index in [0.29, 0.717) is 12.0 Å². The lowest BCUT2D eigenvalue weighted by Gasteiger charge is -2.24. The van der Waals surface area contributed by atoms with Gasteiger partial charge in [0.05, 0.1) is 5.01 Å². The van der Waals surface area contributed by atoms with E-state index in [1.54, 1.807) is 6.92 Å². The maximum absolute atomic E-state index is 13.2. The Bertz CT molecular complexity index is 544. The summed E-state index contributed by atoms with van der Waals surface area (Å²) in [4.78, 5) is 4.32. The minimum atomic E-state index is -0.840. The molecule has 18 heavy (non-hydrogen) atoms. The highest BCUT2D eigenvalue weighted by molar-refractivity contribution is 7.09. The Morgan fingerprint density at radius 2 is 1.89 bits per heavy atom. The minimum absolute atomic E-state index is 0.438. The largest absolute Gasteiger partial charge is 0.321 e. The first-order valence-electron chi connectivity index (χ1n) is 5.53. The number of benzene rings is 1. The van der Waals surface area contributed by atoms with Gasteiger partial charge >= 0.3 is 0 Å². The normalized spacial score (nSPS) is 14.5. The first kappa shape index (κ1) is 13.1. The molecule has 0 aliphatic carbocycles. The number of rotatable bonds is 3. The van der Waals surface area contributed by atoms with Crippen LogP contribution in [-0.2, 0) is 12.0 Å². The van der Waals surface area contributed by atoms with E-state index in [9.17, 15) is 8.78 Å². The van der Waals surface area contributed by atoms with Crippen LogP contribution in [0.4, 0.5) is 8.78 Å². The Labute approximate surface area is 108 Å². The Morgan fingerprint density at radius 1 is 1.28 bits per heavy atom. The molecule has 1 heterocycles. The molecule has 1 aromatic carbocycles. The standard InChI is InChI=1S/C13H14F2N2S/c1-8-7-18-12(17-8)6-13(2,16)9-3-10(14)5-11(15)4-9/h3-5,7H,6,16H2,1-2H3. The van der Waals surface area contributed by atoms with Crippen LogP contribution in [0.25, 0.3) is 0 Å². The lowest BCUT2D eigenvalue weighted by Crippen LogP contribution is -2.35. The monoisotopic (exact) mass is 268 g/mol. The fraction of sp³-hybridized carbons (Fsp3) is 0.308. The molecular weight excluding hydrogens is 254 g/mol. The third-order valence-corrected chi connectivity index (χ3v) is 3.67. The van der Waals surface area contributed by atoms with Crippen LogP contribution in [0, 0.1) is 18.6 Å². The number of nitrogens with two attached hydrogens (primary N) is 1. The van der Waals surface area contributed by atoms with Gasteiger partial charge in [-0.05, 0) is 31.5 Å². The number of halogens is 2. The van der Waals surface area contributed by atoms with E-state index in [0.717, 1.165) is 16.8 Å². The highest BCUT2D eigenvalue weighted by Gasteiger charge is 2.24. The molecule has 5 heteroatoms. The highest BCUT2D eigenvalue weighted by Crippen LogP contribution is 2.25. The molecule has 2 aromatic rings. The van der Waals surface area contributed by atoms with E-state index in [-0.39, 0.29) is 0 Å². The molecule has 2 N–H and O–H groups in total. The Balaban J connectivity index is 2.29. The summed E-state index contributed by atoms with van der Waals surface area (Å²) in [6.07, 6.45) is 0.453. The van der Waals surface area contributed by atoms with Crippen LogP contribution in [0.15, 0.2) is 23.6 Å². The van der Waals surface area contributed by atoms with Crippen LogP contribution in [0.2, 0.25) is 0 Å². The maximum atomic E-state index is 13.2. The van der Waals surface area contributed by atoms with E-state index in [2.05, 4.69) is 4.98 Å². The average Bonchev–Trinajstić information content (AvgIpc) is 2.61. The van der Waals surface area contributed by atoms with Gasteiger partial charge in [0.15, 0.2) is 0 Å². The molecule has 0 saturated heterocycles. The molecular formula is C13H14F2N2S. The number of hydrogen-bond donors (Lipinski definition) is 1. The Kier molecular flexibility index (Phi) is 3.45. The zero-order valence-corrected chi connectivity index (χ0v) is 11.0. The number of aromatic nitrogens is 1. The van der Waals surface area contributed by atoms with Crippen molar-refractivity contribution in [2.45, 2.75) is 25.8 Å². The molecule has 1 aromatic heterocycles. The predicted octanol–water partition coefficient (Wildman–Crippen LogP) is 3.15. The van der Waals surface area contributed by atoms with Crippen LogP contribution in [-0.4, -0.2) is 4.98 Å². The lowest BCUT2D eigenvalue weighted by molar-refractivity contribution is 0.477. The van der Waals surface area contributed by atoms with Crippen LogP contribution in [0.3, 0.4) is 0 Å². The molecule has 0 bridgehead atoms. The molecule has 0 aliphatic heterocycles. The molecule has 0 amide bonds. The number of nitrogens with zero attached hydrogens (tertiary/aromatic N) is 1. The third kappa shape index (κ3) is 2.91. The van der Waals surface area contributed by atoms with Crippen molar-refractivity contribution in [3.05, 3.63) is 51.5 Å². The summed E-state index contributed by atoms with van der Waals surface area (Å²) in [7, 11) is 0. The SMILES string of the molecule is Cc1csc(CC(C)(N)c2cc(F)cc(F)c2)n1. The highest BCUT2D eigenvalue weighted by atomic mass is 32.1. The van der Waals surface area contributed by atoms with E-state index in [1.807, 2.05) is 12.3 Å². The second-order valence-electron chi connectivity index (χ2n) is 4.63. The van der Waals surface area contributed by atoms with Gasteiger partial charge in [0, 0.05) is 29.1 Å². The van der Waals surface area contributed by atoms with Gasteiger partial charge in [0.2, 0.25) is 0 Å². The van der Waals surface area contributed by atoms with Crippen molar-refractivity contribution in [1.29, 1.82) is 0 Å². The van der Waals surface area contributed by atoms with Gasteiger partial charge < -0.3 is 5.73 Å². The first-order chi connectivity index (χ1) is 8.37. The van der Waals surface area contributed by atoms with Crippen molar-refractivity contribution in [3.8, 4) is 0 Å². The molecule has 1 unspecified atom stereocenters. The fourth-order valence-electron chi connectivity index (χ4n) is 1.78. The average molecular weight is 268 g/mol. The van der Waals surface area contributed by atoms with Crippen molar-refractivity contribution >= 4 is 11.3 Å². The number of thiazole rings is 1. The van der Waals surface area contributed by atoms with Gasteiger partial charge in [0.1, 0.15) is 11.6 Å². The quantitative estimate of drug-likeness (QED) is 0.928. The number of aryl methyl sites for hydroxylation is 1. The summed E-state index contributed by atoms with van der Waals surface area (Å²) < 4.78 is 26.4. The van der Waals surface area contributed by atoms with Crippen LogP contribution >= 0.6 is 11.3 Å². The van der Waals surface area contributed by atoms with Gasteiger partial charge in [-0.15, -0.1) is 11.3 Å². The van der Waals surface area contributed by atoms with Crippen molar-refractivity contribution in [3.63, 3.8) is 0 Å². The second-order valence-corrected chi connectivity index (χ2v) is 5.58. The van der Waals surface area contributed by atoms with Gasteiger partial charge in [-0.25, -0.2) is 13.8 Å². The zero-order valence-electron chi connectivity index (χ0n) is 10.2. The van der Waals surface area contributed by atoms with Gasteiger partial charge in [-0.2, -0.15) is 0 Å². The van der Waals surface area contributed by atoms with Crippen molar-refractivity contribution in [2.24, 2.45) is 5.73 Å². The molecule has 0 spiro atoms. The summed E-state index contributed by atoms with van der Waals surface area (Å²) in [5.74, 6) is -1.23. The van der Waals surface area contributed by atoms with Crippen LogP contribution in [0.1, 0.15) is 23.2 Å². The summed E-state index contributed by atoms with van der Waals surface area (Å²) >= 11 is 1.50. The summed E-state index contributed by atoms with van der Waals surface area (Å²) in [6.45, 7) is 3.65. The number of hydrogen-bond acceptors (Lipinski definition) is 3. The molecule has 2 rings (SSSR count). The predicted molar refractivity (Wildman–Crippen MR) is 68.5 cm³/mol. The van der Waals surface area contributed by atoms with Gasteiger partial charge in [0.25, 0.3) is 0 Å². The smallest absolute Gasteiger partial charge is 0.126 e. The minimum Gasteiger partial charge on any atom is -0.321 e. The molecule has 0 saturated carbocycles. The van der Waals surface area contributed by atoms with Gasteiger partial charge in [-0.3, -0.25) is 0 Å². The Hall–Kier alpha value is -1.33. The van der Waals surface area contributed by atoms with E-state index in [4.69, 9.17) is 5.73 Å². The molecule has 96 valence electrons. The van der Waals surface area contributed by atoms with E-state index < -0.39 is 17.2 Å². The first-order valence-corrected chi connectivity index (χ1v) is 6.41. The van der Waals surface area contributed by atoms with Crippen molar-refractivity contribution in [2.75, 3.05) is 0 Å². The topological polar surface area (TPSA) is 38.9 Å². The molecule has 0 fully saturated rings. The molecule has 1 atom stereocenters.